The predicted octanol–water partition coefficient (Wildman–Crippen LogP) is 1.86. The van der Waals surface area contributed by atoms with Crippen LogP contribution >= 0.6 is 15.9 Å². The van der Waals surface area contributed by atoms with Crippen molar-refractivity contribution in [1.29, 1.82) is 0 Å². The van der Waals surface area contributed by atoms with Crippen molar-refractivity contribution in [2.45, 2.75) is 12.8 Å². The van der Waals surface area contributed by atoms with Crippen molar-refractivity contribution in [3.63, 3.8) is 0 Å². The fraction of sp³-hybridized carbons (Fsp3) is 0.800. The van der Waals surface area contributed by atoms with Gasteiger partial charge < -0.3 is 4.99 Å². The number of aliphatic imine (C=N–C) groups is 1. The second kappa shape index (κ2) is 6.15. The van der Waals surface area contributed by atoms with E-state index >= 15 is 0 Å². The number of nitrogens with zero attached hydrogens (tertiary/aromatic N) is 1. The van der Waals surface area contributed by atoms with Gasteiger partial charge in [-0.1, -0.05) is 15.9 Å². The largest absolute Gasteiger partial charge is 0.301 e. The zero-order valence-corrected chi connectivity index (χ0v) is 5.95. The number of hydrogen-bond acceptors (Lipinski definition) is 1. The zero-order chi connectivity index (χ0) is 5.54. The highest BCUT2D eigenvalue weighted by Crippen LogP contribution is 1.92. The fourth-order valence-corrected chi connectivity index (χ4v) is 0.715. The van der Waals surface area contributed by atoms with Crippen molar-refractivity contribution < 1.29 is 0 Å². The number of hydrogen-bond donors (Lipinski definition) is 0. The van der Waals surface area contributed by atoms with Gasteiger partial charge in [-0.15, -0.1) is 0 Å². The van der Waals surface area contributed by atoms with Gasteiger partial charge in [-0.25, -0.2) is 0 Å². The molecule has 0 rings (SSSR count). The third-order valence-corrected chi connectivity index (χ3v) is 1.26. The first-order valence-electron chi connectivity index (χ1n) is 2.40. The lowest BCUT2D eigenvalue weighted by atomic mass is 10.3. The summed E-state index contributed by atoms with van der Waals surface area (Å²) in [5.74, 6) is 0. The predicted molar refractivity (Wildman–Crippen MR) is 37.4 cm³/mol. The minimum absolute atomic E-state index is 0.908. The second-order valence-electron chi connectivity index (χ2n) is 1.34. The standard InChI is InChI=1S/C5H10BrN/c1-7-5-3-2-4-6/h1-5H2. The van der Waals surface area contributed by atoms with Crippen molar-refractivity contribution in [3.8, 4) is 0 Å². The molecular weight excluding hydrogens is 154 g/mol. The summed E-state index contributed by atoms with van der Waals surface area (Å²) in [5.41, 5.74) is 0. The van der Waals surface area contributed by atoms with E-state index in [2.05, 4.69) is 27.6 Å². The molecule has 0 N–H and O–H groups in total. The zero-order valence-electron chi connectivity index (χ0n) is 4.36. The smallest absolute Gasteiger partial charge is 0.0382 e. The topological polar surface area (TPSA) is 12.4 Å². The Balaban J connectivity index is 2.56. The summed E-state index contributed by atoms with van der Waals surface area (Å²) in [5, 5.41) is 1.09. The van der Waals surface area contributed by atoms with Crippen LogP contribution in [0, 0.1) is 0 Å². The Kier molecular flexibility index (Phi) is 6.28. The molecule has 0 spiro atoms. The van der Waals surface area contributed by atoms with Crippen molar-refractivity contribution in [2.75, 3.05) is 11.9 Å². The van der Waals surface area contributed by atoms with Gasteiger partial charge >= 0.3 is 0 Å². The van der Waals surface area contributed by atoms with Gasteiger partial charge in [-0.05, 0) is 19.6 Å². The molecule has 0 unspecified atom stereocenters. The normalized spacial score (nSPS) is 8.71. The minimum Gasteiger partial charge on any atom is -0.301 e. The molecule has 7 heavy (non-hydrogen) atoms. The molecule has 0 radical (unpaired) electrons. The first kappa shape index (κ1) is 7.15. The van der Waals surface area contributed by atoms with E-state index in [0.717, 1.165) is 18.3 Å². The monoisotopic (exact) mass is 163 g/mol. The molecule has 42 valence electrons. The van der Waals surface area contributed by atoms with Crippen LogP contribution in [-0.2, 0) is 0 Å². The summed E-state index contributed by atoms with van der Waals surface area (Å²) < 4.78 is 0. The average Bonchev–Trinajstić information content (AvgIpc) is 1.69. The van der Waals surface area contributed by atoms with Crippen molar-refractivity contribution >= 4 is 22.6 Å². The average molecular weight is 164 g/mol. The van der Waals surface area contributed by atoms with Crippen LogP contribution < -0.4 is 0 Å². The van der Waals surface area contributed by atoms with Crippen LogP contribution in [0.5, 0.6) is 0 Å². The number of halogens is 1. The maximum absolute atomic E-state index is 3.70. The highest BCUT2D eigenvalue weighted by atomic mass is 79.9. The SMILES string of the molecule is C=NCCCCBr. The number of alkyl halides is 1. The number of rotatable bonds is 4. The van der Waals surface area contributed by atoms with Gasteiger partial charge in [0.05, 0.1) is 0 Å². The van der Waals surface area contributed by atoms with Crippen LogP contribution in [0.1, 0.15) is 12.8 Å². The molecule has 0 heterocycles. The third-order valence-electron chi connectivity index (χ3n) is 0.700. The molecule has 0 aliphatic heterocycles. The molecule has 1 nitrogen and oxygen atoms in total. The van der Waals surface area contributed by atoms with E-state index in [4.69, 9.17) is 0 Å². The Morgan fingerprint density at radius 3 is 2.57 bits per heavy atom. The summed E-state index contributed by atoms with van der Waals surface area (Å²) in [6, 6.07) is 0. The maximum Gasteiger partial charge on any atom is 0.0382 e. The van der Waals surface area contributed by atoms with E-state index in [0.29, 0.717) is 0 Å². The summed E-state index contributed by atoms with van der Waals surface area (Å²) in [6.45, 7) is 4.28. The van der Waals surface area contributed by atoms with Crippen LogP contribution in [0.4, 0.5) is 0 Å². The van der Waals surface area contributed by atoms with E-state index in [-0.39, 0.29) is 0 Å². The molecule has 0 aromatic heterocycles. The molecule has 0 saturated heterocycles. The molecule has 0 atom stereocenters. The van der Waals surface area contributed by atoms with Crippen LogP contribution in [0.15, 0.2) is 4.99 Å². The van der Waals surface area contributed by atoms with Gasteiger partial charge in [0, 0.05) is 11.9 Å². The molecule has 2 heteroatoms. The first-order chi connectivity index (χ1) is 3.41. The van der Waals surface area contributed by atoms with Crippen LogP contribution in [0.3, 0.4) is 0 Å². The van der Waals surface area contributed by atoms with Gasteiger partial charge in [0.1, 0.15) is 0 Å². The Hall–Kier alpha value is 0.150. The van der Waals surface area contributed by atoms with E-state index in [1.54, 1.807) is 0 Å². The molecule has 0 aliphatic rings. The third kappa shape index (κ3) is 6.15. The van der Waals surface area contributed by atoms with Crippen molar-refractivity contribution in [3.05, 3.63) is 0 Å². The Morgan fingerprint density at radius 2 is 2.14 bits per heavy atom. The van der Waals surface area contributed by atoms with Gasteiger partial charge in [0.25, 0.3) is 0 Å². The Morgan fingerprint density at radius 1 is 1.43 bits per heavy atom. The quantitative estimate of drug-likeness (QED) is 0.341. The van der Waals surface area contributed by atoms with E-state index < -0.39 is 0 Å². The summed E-state index contributed by atoms with van der Waals surface area (Å²) in [4.78, 5) is 3.70. The van der Waals surface area contributed by atoms with E-state index in [1.807, 2.05) is 0 Å². The van der Waals surface area contributed by atoms with Crippen molar-refractivity contribution in [1.82, 2.24) is 0 Å². The van der Waals surface area contributed by atoms with Crippen LogP contribution in [-0.4, -0.2) is 18.6 Å². The van der Waals surface area contributed by atoms with Gasteiger partial charge in [0.2, 0.25) is 0 Å². The molecule has 0 aliphatic carbocycles. The summed E-state index contributed by atoms with van der Waals surface area (Å²) in [6.07, 6.45) is 2.37. The first-order valence-corrected chi connectivity index (χ1v) is 3.52. The van der Waals surface area contributed by atoms with E-state index in [1.165, 1.54) is 6.42 Å². The molecular formula is C5H10BrN. The highest BCUT2D eigenvalue weighted by Gasteiger charge is 1.79. The number of unbranched alkanes of at least 4 members (excludes halogenated alkanes) is 1. The summed E-state index contributed by atoms with van der Waals surface area (Å²) >= 11 is 3.32. The Bertz CT molecular complexity index is 45.3. The molecule has 0 aromatic carbocycles. The van der Waals surface area contributed by atoms with Gasteiger partial charge in [-0.2, -0.15) is 0 Å². The maximum atomic E-state index is 3.70. The molecule has 0 bridgehead atoms. The highest BCUT2D eigenvalue weighted by molar-refractivity contribution is 9.09. The van der Waals surface area contributed by atoms with Crippen LogP contribution in [0.2, 0.25) is 0 Å². The molecule has 0 saturated carbocycles. The minimum atomic E-state index is 0.908. The Labute approximate surface area is 53.0 Å². The molecule has 0 fully saturated rings. The van der Waals surface area contributed by atoms with Gasteiger partial charge in [-0.3, -0.25) is 0 Å². The molecule has 0 aromatic rings. The molecule has 0 amide bonds. The van der Waals surface area contributed by atoms with Gasteiger partial charge in [0.15, 0.2) is 0 Å². The lowest BCUT2D eigenvalue weighted by Crippen LogP contribution is -1.79. The van der Waals surface area contributed by atoms with E-state index in [9.17, 15) is 0 Å². The summed E-state index contributed by atoms with van der Waals surface area (Å²) in [7, 11) is 0. The lowest BCUT2D eigenvalue weighted by Gasteiger charge is -1.86. The lowest BCUT2D eigenvalue weighted by molar-refractivity contribution is 0.823. The second-order valence-corrected chi connectivity index (χ2v) is 2.14. The fourth-order valence-electron chi connectivity index (χ4n) is 0.318. The van der Waals surface area contributed by atoms with Crippen LogP contribution in [0.25, 0.3) is 0 Å². The van der Waals surface area contributed by atoms with Crippen molar-refractivity contribution in [2.24, 2.45) is 4.99 Å².